The summed E-state index contributed by atoms with van der Waals surface area (Å²) in [5.74, 6) is 0.171. The average molecular weight is 431 g/mol. The number of hydrogen-bond acceptors (Lipinski definition) is 4. The van der Waals surface area contributed by atoms with Gasteiger partial charge in [0.05, 0.1) is 11.0 Å². The normalized spacial score (nSPS) is 11.3. The van der Waals surface area contributed by atoms with Gasteiger partial charge in [-0.1, -0.05) is 54.6 Å². The lowest BCUT2D eigenvalue weighted by molar-refractivity contribution is 0.102. The second-order valence-electron chi connectivity index (χ2n) is 7.78. The van der Waals surface area contributed by atoms with E-state index in [0.29, 0.717) is 22.5 Å². The predicted octanol–water partition coefficient (Wildman–Crippen LogP) is 5.74. The van der Waals surface area contributed by atoms with Crippen molar-refractivity contribution in [3.05, 3.63) is 107 Å². The van der Waals surface area contributed by atoms with Crippen molar-refractivity contribution in [2.24, 2.45) is 0 Å². The summed E-state index contributed by atoms with van der Waals surface area (Å²) in [5.41, 5.74) is 2.89. The molecule has 1 amide bonds. The largest absolute Gasteiger partial charge is 0.422 e. The third-order valence-electron chi connectivity index (χ3n) is 5.67. The van der Waals surface area contributed by atoms with Crippen molar-refractivity contribution in [3.63, 3.8) is 0 Å². The number of imidazole rings is 1. The van der Waals surface area contributed by atoms with Gasteiger partial charge in [0.2, 0.25) is 0 Å². The molecule has 0 aliphatic carbocycles. The number of aromatic nitrogens is 2. The van der Waals surface area contributed by atoms with E-state index in [1.165, 1.54) is 0 Å². The summed E-state index contributed by atoms with van der Waals surface area (Å²) in [6.45, 7) is 0. The van der Waals surface area contributed by atoms with Gasteiger partial charge in [-0.2, -0.15) is 0 Å². The summed E-state index contributed by atoms with van der Waals surface area (Å²) in [4.78, 5) is 33.4. The van der Waals surface area contributed by atoms with E-state index < -0.39 is 11.5 Å². The molecule has 6 rings (SSSR count). The van der Waals surface area contributed by atoms with Crippen molar-refractivity contribution in [1.82, 2.24) is 9.97 Å². The number of para-hydroxylation sites is 2. The fourth-order valence-corrected chi connectivity index (χ4v) is 4.06. The monoisotopic (exact) mass is 431 g/mol. The van der Waals surface area contributed by atoms with Crippen LogP contribution in [0, 0.1) is 0 Å². The van der Waals surface area contributed by atoms with Gasteiger partial charge in [0, 0.05) is 16.6 Å². The third-order valence-corrected chi connectivity index (χ3v) is 5.67. The number of fused-ring (bicyclic) bond motifs is 4. The smallest absolute Gasteiger partial charge is 0.349 e. The number of aromatic amines is 1. The first-order valence-electron chi connectivity index (χ1n) is 10.5. The SMILES string of the molecule is O=C(Nc1cccc(-c2nc3ccccc3[nH]2)c1)c1cc2c(ccc3ccccc32)oc1=O. The van der Waals surface area contributed by atoms with Gasteiger partial charge in [-0.05, 0) is 47.2 Å². The topological polar surface area (TPSA) is 88.0 Å². The van der Waals surface area contributed by atoms with Gasteiger partial charge in [-0.25, -0.2) is 9.78 Å². The quantitative estimate of drug-likeness (QED) is 0.276. The second kappa shape index (κ2) is 7.46. The lowest BCUT2D eigenvalue weighted by atomic mass is 10.0. The van der Waals surface area contributed by atoms with Crippen LogP contribution in [0.1, 0.15) is 10.4 Å². The van der Waals surface area contributed by atoms with Crippen LogP contribution in [-0.2, 0) is 0 Å². The van der Waals surface area contributed by atoms with Gasteiger partial charge >= 0.3 is 5.63 Å². The zero-order valence-electron chi connectivity index (χ0n) is 17.3. The number of nitrogens with one attached hydrogen (secondary N) is 2. The van der Waals surface area contributed by atoms with E-state index >= 15 is 0 Å². The van der Waals surface area contributed by atoms with Crippen LogP contribution in [0.5, 0.6) is 0 Å². The standard InChI is InChI=1S/C27H17N3O3/c31-26(21-15-20-19-9-2-1-6-16(19)12-13-24(20)33-27(21)32)28-18-8-5-7-17(14-18)25-29-22-10-3-4-11-23(22)30-25/h1-15H,(H,28,31)(H,29,30). The summed E-state index contributed by atoms with van der Waals surface area (Å²) < 4.78 is 5.46. The highest BCUT2D eigenvalue weighted by molar-refractivity contribution is 6.10. The number of anilines is 1. The minimum atomic E-state index is -0.677. The van der Waals surface area contributed by atoms with Crippen LogP contribution in [0.15, 0.2) is 100 Å². The van der Waals surface area contributed by atoms with Crippen LogP contribution < -0.4 is 10.9 Å². The number of carbonyl (C=O) groups excluding carboxylic acids is 1. The number of rotatable bonds is 3. The first-order valence-corrected chi connectivity index (χ1v) is 10.5. The first-order chi connectivity index (χ1) is 16.2. The molecular weight excluding hydrogens is 414 g/mol. The molecule has 4 aromatic carbocycles. The van der Waals surface area contributed by atoms with Crippen molar-refractivity contribution in [1.29, 1.82) is 0 Å². The van der Waals surface area contributed by atoms with Crippen LogP contribution in [0.2, 0.25) is 0 Å². The highest BCUT2D eigenvalue weighted by Crippen LogP contribution is 2.26. The van der Waals surface area contributed by atoms with Crippen molar-refractivity contribution >= 4 is 44.4 Å². The van der Waals surface area contributed by atoms with Crippen LogP contribution in [0.4, 0.5) is 5.69 Å². The molecule has 6 nitrogen and oxygen atoms in total. The minimum absolute atomic E-state index is 0.0482. The Bertz CT molecular complexity index is 1710. The van der Waals surface area contributed by atoms with Crippen molar-refractivity contribution in [2.45, 2.75) is 0 Å². The molecule has 0 radical (unpaired) electrons. The molecular formula is C27H17N3O3. The zero-order chi connectivity index (χ0) is 22.4. The van der Waals surface area contributed by atoms with Crippen molar-refractivity contribution < 1.29 is 9.21 Å². The number of H-pyrrole nitrogens is 1. The molecule has 6 aromatic rings. The van der Waals surface area contributed by atoms with E-state index in [4.69, 9.17) is 4.42 Å². The Kier molecular flexibility index (Phi) is 4.30. The number of hydrogen-bond donors (Lipinski definition) is 2. The molecule has 0 saturated carbocycles. The second-order valence-corrected chi connectivity index (χ2v) is 7.78. The van der Waals surface area contributed by atoms with Crippen LogP contribution in [0.3, 0.4) is 0 Å². The van der Waals surface area contributed by atoms with Crippen LogP contribution in [-0.4, -0.2) is 15.9 Å². The van der Waals surface area contributed by atoms with E-state index in [0.717, 1.165) is 27.4 Å². The van der Waals surface area contributed by atoms with E-state index in [1.807, 2.05) is 72.8 Å². The molecule has 0 saturated heterocycles. The van der Waals surface area contributed by atoms with E-state index in [2.05, 4.69) is 15.3 Å². The molecule has 158 valence electrons. The Morgan fingerprint density at radius 3 is 2.61 bits per heavy atom. The molecule has 2 heterocycles. The highest BCUT2D eigenvalue weighted by Gasteiger charge is 2.16. The van der Waals surface area contributed by atoms with E-state index in [1.54, 1.807) is 18.2 Å². The molecule has 6 heteroatoms. The fraction of sp³-hybridized carbons (Fsp3) is 0. The van der Waals surface area contributed by atoms with Crippen LogP contribution in [0.25, 0.3) is 44.2 Å². The summed E-state index contributed by atoms with van der Waals surface area (Å²) >= 11 is 0. The Morgan fingerprint density at radius 2 is 1.70 bits per heavy atom. The maximum Gasteiger partial charge on any atom is 0.349 e. The number of carbonyl (C=O) groups is 1. The number of nitrogens with zero attached hydrogens (tertiary/aromatic N) is 1. The van der Waals surface area contributed by atoms with E-state index in [9.17, 15) is 9.59 Å². The Hall–Kier alpha value is -4.71. The van der Waals surface area contributed by atoms with Gasteiger partial charge in [0.15, 0.2) is 0 Å². The molecule has 0 aliphatic heterocycles. The molecule has 2 N–H and O–H groups in total. The number of benzene rings is 4. The molecule has 0 aliphatic rings. The summed E-state index contributed by atoms with van der Waals surface area (Å²) in [6, 6.07) is 28.1. The molecule has 33 heavy (non-hydrogen) atoms. The van der Waals surface area contributed by atoms with Crippen molar-refractivity contribution in [3.8, 4) is 11.4 Å². The van der Waals surface area contributed by atoms with Gasteiger partial charge < -0.3 is 14.7 Å². The average Bonchev–Trinajstić information content (AvgIpc) is 3.28. The predicted molar refractivity (Wildman–Crippen MR) is 129 cm³/mol. The molecule has 0 bridgehead atoms. The maximum absolute atomic E-state index is 13.0. The Labute approximate surface area is 187 Å². The Balaban J connectivity index is 1.36. The molecule has 2 aromatic heterocycles. The molecule has 0 spiro atoms. The Morgan fingerprint density at radius 1 is 0.848 bits per heavy atom. The first kappa shape index (κ1) is 19.0. The van der Waals surface area contributed by atoms with Crippen molar-refractivity contribution in [2.75, 3.05) is 5.32 Å². The fourth-order valence-electron chi connectivity index (χ4n) is 4.06. The van der Waals surface area contributed by atoms with Gasteiger partial charge in [0.1, 0.15) is 17.0 Å². The van der Waals surface area contributed by atoms with Gasteiger partial charge in [-0.3, -0.25) is 4.79 Å². The van der Waals surface area contributed by atoms with Crippen LogP contribution >= 0.6 is 0 Å². The molecule has 0 fully saturated rings. The van der Waals surface area contributed by atoms with E-state index in [-0.39, 0.29) is 5.56 Å². The highest BCUT2D eigenvalue weighted by atomic mass is 16.4. The number of amides is 1. The minimum Gasteiger partial charge on any atom is -0.422 e. The summed E-state index contributed by atoms with van der Waals surface area (Å²) in [7, 11) is 0. The maximum atomic E-state index is 13.0. The summed E-state index contributed by atoms with van der Waals surface area (Å²) in [5, 5.41) is 5.45. The molecule has 0 atom stereocenters. The van der Waals surface area contributed by atoms with Gasteiger partial charge in [0.25, 0.3) is 5.91 Å². The van der Waals surface area contributed by atoms with Gasteiger partial charge in [-0.15, -0.1) is 0 Å². The third kappa shape index (κ3) is 3.34. The zero-order valence-corrected chi connectivity index (χ0v) is 17.3. The lowest BCUT2D eigenvalue weighted by Gasteiger charge is -2.08. The summed E-state index contributed by atoms with van der Waals surface area (Å²) in [6.07, 6.45) is 0. The lowest BCUT2D eigenvalue weighted by Crippen LogP contribution is -2.20. The molecule has 0 unspecified atom stereocenters.